The van der Waals surface area contributed by atoms with Gasteiger partial charge in [0.15, 0.2) is 0 Å². The molecule has 0 bridgehead atoms. The van der Waals surface area contributed by atoms with E-state index in [1.54, 1.807) is 0 Å². The van der Waals surface area contributed by atoms with E-state index in [-0.39, 0.29) is 11.8 Å². The topological polar surface area (TPSA) is 50.4 Å². The second-order valence-electron chi connectivity index (χ2n) is 4.35. The quantitative estimate of drug-likeness (QED) is 0.878. The Morgan fingerprint density at radius 1 is 1.18 bits per heavy atom. The van der Waals surface area contributed by atoms with Crippen LogP contribution in [0.5, 0.6) is 0 Å². The summed E-state index contributed by atoms with van der Waals surface area (Å²) in [5, 5.41) is 8.87. The van der Waals surface area contributed by atoms with Gasteiger partial charge in [-0.2, -0.15) is 0 Å². The first-order chi connectivity index (χ1) is 8.25. The molecule has 1 aromatic carbocycles. The summed E-state index contributed by atoms with van der Waals surface area (Å²) in [6.07, 6.45) is 0.692. The molecule has 0 aliphatic heterocycles. The molecule has 1 aliphatic rings. The van der Waals surface area contributed by atoms with Gasteiger partial charge in [-0.25, -0.2) is 0 Å². The second kappa shape index (κ2) is 3.77. The highest BCUT2D eigenvalue weighted by Gasteiger charge is 2.46. The zero-order chi connectivity index (χ0) is 11.8. The Labute approximate surface area is 98.7 Å². The number of carboxylic acids is 1. The van der Waals surface area contributed by atoms with Crippen molar-refractivity contribution in [2.45, 2.75) is 12.3 Å². The molecule has 1 saturated carbocycles. The standard InChI is InChI=1S/C14H12O3/c15-14(16)11-8-10(11)13-7-6-12(17-13)9-4-2-1-3-5-9/h1-7,10-11H,8H2,(H,15,16). The van der Waals surface area contributed by atoms with Crippen molar-refractivity contribution in [1.29, 1.82) is 0 Å². The molecule has 86 valence electrons. The van der Waals surface area contributed by atoms with Gasteiger partial charge in [0.2, 0.25) is 0 Å². The van der Waals surface area contributed by atoms with Gasteiger partial charge in [0.25, 0.3) is 0 Å². The molecule has 17 heavy (non-hydrogen) atoms. The molecule has 0 saturated heterocycles. The second-order valence-corrected chi connectivity index (χ2v) is 4.35. The van der Waals surface area contributed by atoms with Crippen LogP contribution >= 0.6 is 0 Å². The van der Waals surface area contributed by atoms with Crippen molar-refractivity contribution in [3.63, 3.8) is 0 Å². The molecule has 2 unspecified atom stereocenters. The molecule has 1 aliphatic carbocycles. The van der Waals surface area contributed by atoms with E-state index < -0.39 is 5.97 Å². The minimum atomic E-state index is -0.729. The Balaban J connectivity index is 1.83. The van der Waals surface area contributed by atoms with Crippen molar-refractivity contribution in [2.24, 2.45) is 5.92 Å². The smallest absolute Gasteiger partial charge is 0.307 e. The maximum Gasteiger partial charge on any atom is 0.307 e. The summed E-state index contributed by atoms with van der Waals surface area (Å²) in [5.74, 6) is 0.662. The van der Waals surface area contributed by atoms with Gasteiger partial charge in [0.1, 0.15) is 11.5 Å². The molecular weight excluding hydrogens is 216 g/mol. The number of carbonyl (C=O) groups is 1. The number of furan rings is 1. The number of benzene rings is 1. The van der Waals surface area contributed by atoms with Crippen LogP contribution in [0.3, 0.4) is 0 Å². The van der Waals surface area contributed by atoms with Crippen LogP contribution in [0.25, 0.3) is 11.3 Å². The molecule has 2 atom stereocenters. The molecule has 0 radical (unpaired) electrons. The average Bonchev–Trinajstić information content (AvgIpc) is 3.01. The van der Waals surface area contributed by atoms with Gasteiger partial charge in [0, 0.05) is 11.5 Å². The lowest BCUT2D eigenvalue weighted by molar-refractivity contribution is -0.138. The Bertz CT molecular complexity index is 542. The molecule has 2 aromatic rings. The molecule has 1 fully saturated rings. The molecule has 3 heteroatoms. The summed E-state index contributed by atoms with van der Waals surface area (Å²) in [5.41, 5.74) is 1.02. The van der Waals surface area contributed by atoms with E-state index in [0.717, 1.165) is 17.1 Å². The van der Waals surface area contributed by atoms with Gasteiger partial charge in [-0.3, -0.25) is 4.79 Å². The molecule has 1 aromatic heterocycles. The first kappa shape index (κ1) is 10.1. The van der Waals surface area contributed by atoms with E-state index in [1.165, 1.54) is 0 Å². The monoisotopic (exact) mass is 228 g/mol. The first-order valence-electron chi connectivity index (χ1n) is 5.63. The van der Waals surface area contributed by atoms with Crippen molar-refractivity contribution in [3.8, 4) is 11.3 Å². The SMILES string of the molecule is O=C(O)C1CC1c1ccc(-c2ccccc2)o1. The summed E-state index contributed by atoms with van der Waals surface area (Å²) >= 11 is 0. The van der Waals surface area contributed by atoms with E-state index in [4.69, 9.17) is 9.52 Å². The maximum absolute atomic E-state index is 10.8. The van der Waals surface area contributed by atoms with E-state index in [9.17, 15) is 4.79 Å². The Morgan fingerprint density at radius 2 is 1.94 bits per heavy atom. The third-order valence-electron chi connectivity index (χ3n) is 3.16. The van der Waals surface area contributed by atoms with Gasteiger partial charge in [-0.05, 0) is 18.6 Å². The minimum absolute atomic E-state index is 0.0602. The lowest BCUT2D eigenvalue weighted by Crippen LogP contribution is -1.98. The number of rotatable bonds is 3. The fraction of sp³-hybridized carbons (Fsp3) is 0.214. The van der Waals surface area contributed by atoms with Crippen LogP contribution < -0.4 is 0 Å². The number of aliphatic carboxylic acids is 1. The lowest BCUT2D eigenvalue weighted by Gasteiger charge is -1.96. The van der Waals surface area contributed by atoms with Crippen LogP contribution in [0.2, 0.25) is 0 Å². The highest BCUT2D eigenvalue weighted by Crippen LogP contribution is 2.48. The Kier molecular flexibility index (Phi) is 2.25. The summed E-state index contributed by atoms with van der Waals surface area (Å²) < 4.78 is 5.71. The Morgan fingerprint density at radius 3 is 2.59 bits per heavy atom. The highest BCUT2D eigenvalue weighted by molar-refractivity contribution is 5.75. The van der Waals surface area contributed by atoms with Crippen molar-refractivity contribution in [3.05, 3.63) is 48.2 Å². The van der Waals surface area contributed by atoms with E-state index in [0.29, 0.717) is 6.42 Å². The highest BCUT2D eigenvalue weighted by atomic mass is 16.4. The van der Waals surface area contributed by atoms with Crippen molar-refractivity contribution >= 4 is 5.97 Å². The molecular formula is C14H12O3. The third-order valence-corrected chi connectivity index (χ3v) is 3.16. The summed E-state index contributed by atoms with van der Waals surface area (Å²) in [4.78, 5) is 10.8. The maximum atomic E-state index is 10.8. The predicted molar refractivity (Wildman–Crippen MR) is 62.6 cm³/mol. The number of carboxylic acid groups (broad SMARTS) is 1. The number of hydrogen-bond acceptors (Lipinski definition) is 2. The van der Waals surface area contributed by atoms with Gasteiger partial charge in [0.05, 0.1) is 5.92 Å². The third kappa shape index (κ3) is 1.84. The molecule has 3 rings (SSSR count). The summed E-state index contributed by atoms with van der Waals surface area (Å²) in [6, 6.07) is 13.6. The van der Waals surface area contributed by atoms with E-state index in [1.807, 2.05) is 42.5 Å². The molecule has 0 amide bonds. The normalized spacial score (nSPS) is 22.4. The van der Waals surface area contributed by atoms with E-state index in [2.05, 4.69) is 0 Å². The zero-order valence-corrected chi connectivity index (χ0v) is 9.17. The predicted octanol–water partition coefficient (Wildman–Crippen LogP) is 3.13. The van der Waals surface area contributed by atoms with Crippen LogP contribution in [0.4, 0.5) is 0 Å². The summed E-state index contributed by atoms with van der Waals surface area (Å²) in [6.45, 7) is 0. The van der Waals surface area contributed by atoms with Crippen LogP contribution in [-0.4, -0.2) is 11.1 Å². The first-order valence-corrected chi connectivity index (χ1v) is 5.63. The number of hydrogen-bond donors (Lipinski definition) is 1. The molecule has 1 N–H and O–H groups in total. The van der Waals surface area contributed by atoms with Crippen molar-refractivity contribution in [2.75, 3.05) is 0 Å². The van der Waals surface area contributed by atoms with Gasteiger partial charge in [-0.1, -0.05) is 30.3 Å². The van der Waals surface area contributed by atoms with Gasteiger partial charge >= 0.3 is 5.97 Å². The van der Waals surface area contributed by atoms with Gasteiger partial charge in [-0.15, -0.1) is 0 Å². The summed E-state index contributed by atoms with van der Waals surface area (Å²) in [7, 11) is 0. The molecule has 0 spiro atoms. The fourth-order valence-electron chi connectivity index (χ4n) is 2.09. The average molecular weight is 228 g/mol. The minimum Gasteiger partial charge on any atom is -0.481 e. The van der Waals surface area contributed by atoms with Crippen LogP contribution in [0.1, 0.15) is 18.1 Å². The largest absolute Gasteiger partial charge is 0.481 e. The van der Waals surface area contributed by atoms with Crippen LogP contribution in [0, 0.1) is 5.92 Å². The van der Waals surface area contributed by atoms with Crippen LogP contribution in [0.15, 0.2) is 46.9 Å². The lowest BCUT2D eigenvalue weighted by atomic mass is 10.2. The van der Waals surface area contributed by atoms with Crippen molar-refractivity contribution in [1.82, 2.24) is 0 Å². The zero-order valence-electron chi connectivity index (χ0n) is 9.17. The van der Waals surface area contributed by atoms with Crippen molar-refractivity contribution < 1.29 is 14.3 Å². The van der Waals surface area contributed by atoms with Crippen LogP contribution in [-0.2, 0) is 4.79 Å². The molecule has 1 heterocycles. The Hall–Kier alpha value is -2.03. The van der Waals surface area contributed by atoms with Gasteiger partial charge < -0.3 is 9.52 Å². The fourth-order valence-corrected chi connectivity index (χ4v) is 2.09. The van der Waals surface area contributed by atoms with E-state index >= 15 is 0 Å². The molecule has 3 nitrogen and oxygen atoms in total.